The molecule has 17 heavy (non-hydrogen) atoms. The summed E-state index contributed by atoms with van der Waals surface area (Å²) in [6, 6.07) is 3.57. The van der Waals surface area contributed by atoms with E-state index in [0.29, 0.717) is 0 Å². The van der Waals surface area contributed by atoms with Gasteiger partial charge in [0.2, 0.25) is 0 Å². The predicted molar refractivity (Wildman–Crippen MR) is 58.4 cm³/mol. The summed E-state index contributed by atoms with van der Waals surface area (Å²) in [7, 11) is 0. The highest BCUT2D eigenvalue weighted by atomic mass is 19.1. The quantitative estimate of drug-likeness (QED) is 0.265. The van der Waals surface area contributed by atoms with Gasteiger partial charge in [0.15, 0.2) is 0 Å². The van der Waals surface area contributed by atoms with Gasteiger partial charge in [0.05, 0.1) is 0 Å². The summed E-state index contributed by atoms with van der Waals surface area (Å²) in [5.74, 6) is -2.06. The highest BCUT2D eigenvalue weighted by Gasteiger charge is 2.15. The van der Waals surface area contributed by atoms with Crippen molar-refractivity contribution in [3.05, 3.63) is 29.6 Å². The zero-order chi connectivity index (χ0) is 12.8. The molecule has 1 aromatic carbocycles. The Morgan fingerprint density at radius 3 is 2.82 bits per heavy atom. The number of hydrogen-bond acceptors (Lipinski definition) is 4. The largest absolute Gasteiger partial charge is 0.507 e. The van der Waals surface area contributed by atoms with Crippen LogP contribution in [0.1, 0.15) is 16.8 Å². The number of benzene rings is 1. The summed E-state index contributed by atoms with van der Waals surface area (Å²) in [5, 5.41) is 22.6. The van der Waals surface area contributed by atoms with E-state index in [2.05, 4.69) is 10.5 Å². The van der Waals surface area contributed by atoms with Crippen molar-refractivity contribution in [3.8, 4) is 5.75 Å². The Morgan fingerprint density at radius 2 is 2.24 bits per heavy atom. The number of phenols is 1. The first-order valence-electron chi connectivity index (χ1n) is 4.78. The van der Waals surface area contributed by atoms with Crippen molar-refractivity contribution < 1.29 is 19.5 Å². The Kier molecular flexibility index (Phi) is 4.27. The van der Waals surface area contributed by atoms with Crippen molar-refractivity contribution in [1.29, 1.82) is 0 Å². The van der Waals surface area contributed by atoms with Gasteiger partial charge in [-0.25, -0.2) is 4.39 Å². The van der Waals surface area contributed by atoms with E-state index < -0.39 is 23.0 Å². The molecule has 0 aliphatic heterocycles. The van der Waals surface area contributed by atoms with Gasteiger partial charge in [-0.1, -0.05) is 11.2 Å². The van der Waals surface area contributed by atoms with Crippen LogP contribution in [0, 0.1) is 5.82 Å². The molecule has 92 valence electrons. The minimum absolute atomic E-state index is 0.0527. The molecule has 0 aromatic heterocycles. The molecule has 1 rings (SSSR count). The molecule has 0 saturated carbocycles. The Morgan fingerprint density at radius 1 is 1.53 bits per heavy atom. The Bertz CT molecular complexity index is 428. The van der Waals surface area contributed by atoms with Gasteiger partial charge in [0, 0.05) is 13.0 Å². The molecule has 6 nitrogen and oxygen atoms in total. The zero-order valence-corrected chi connectivity index (χ0v) is 8.85. The summed E-state index contributed by atoms with van der Waals surface area (Å²) in [4.78, 5) is 11.5. The van der Waals surface area contributed by atoms with E-state index in [1.54, 1.807) is 0 Å². The molecule has 0 fully saturated rings. The van der Waals surface area contributed by atoms with Gasteiger partial charge in [-0.05, 0) is 12.1 Å². The average Bonchev–Trinajstić information content (AvgIpc) is 2.28. The van der Waals surface area contributed by atoms with Gasteiger partial charge < -0.3 is 21.4 Å². The lowest BCUT2D eigenvalue weighted by Crippen LogP contribution is -2.28. The molecule has 1 amide bonds. The fraction of sp³-hybridized carbons (Fsp3) is 0.200. The molecule has 0 atom stereocenters. The van der Waals surface area contributed by atoms with Crippen molar-refractivity contribution in [1.82, 2.24) is 5.32 Å². The highest BCUT2D eigenvalue weighted by Crippen LogP contribution is 2.19. The number of nitrogens with two attached hydrogens (primary N) is 1. The third kappa shape index (κ3) is 3.33. The van der Waals surface area contributed by atoms with Crippen LogP contribution >= 0.6 is 0 Å². The Labute approximate surface area is 96.5 Å². The number of amidine groups is 1. The molecular weight excluding hydrogens is 229 g/mol. The van der Waals surface area contributed by atoms with E-state index in [-0.39, 0.29) is 18.8 Å². The molecule has 0 spiro atoms. The summed E-state index contributed by atoms with van der Waals surface area (Å²) in [5.41, 5.74) is 4.76. The van der Waals surface area contributed by atoms with E-state index in [1.807, 2.05) is 0 Å². The van der Waals surface area contributed by atoms with Crippen LogP contribution in [0.2, 0.25) is 0 Å². The van der Waals surface area contributed by atoms with Crippen LogP contribution in [0.15, 0.2) is 23.4 Å². The fourth-order valence-corrected chi connectivity index (χ4v) is 1.18. The van der Waals surface area contributed by atoms with E-state index in [1.165, 1.54) is 12.1 Å². The monoisotopic (exact) mass is 241 g/mol. The number of oxime groups is 1. The summed E-state index contributed by atoms with van der Waals surface area (Å²) in [6.07, 6.45) is 0.122. The maximum atomic E-state index is 13.2. The van der Waals surface area contributed by atoms with Crippen LogP contribution < -0.4 is 11.1 Å². The van der Waals surface area contributed by atoms with E-state index in [0.717, 1.165) is 6.07 Å². The van der Waals surface area contributed by atoms with Gasteiger partial charge >= 0.3 is 0 Å². The number of nitrogens with one attached hydrogen (secondary N) is 1. The predicted octanol–water partition coefficient (Wildman–Crippen LogP) is 0.398. The number of aromatic hydroxyl groups is 1. The maximum Gasteiger partial charge on any atom is 0.258 e. The summed E-state index contributed by atoms with van der Waals surface area (Å²) >= 11 is 0. The van der Waals surface area contributed by atoms with Crippen LogP contribution in [0.5, 0.6) is 5.75 Å². The lowest BCUT2D eigenvalue weighted by Gasteiger charge is -2.06. The lowest BCUT2D eigenvalue weighted by molar-refractivity contribution is 0.0947. The molecule has 0 aliphatic carbocycles. The molecule has 0 aliphatic rings. The number of carbonyl (C=O) groups is 1. The van der Waals surface area contributed by atoms with Crippen LogP contribution in [-0.4, -0.2) is 28.6 Å². The standard InChI is InChI=1S/C10H12FN3O3/c11-6-2-1-3-7(15)9(6)10(16)13-5-4-8(12)14-17/h1-3,15,17H,4-5H2,(H2,12,14)(H,13,16). The lowest BCUT2D eigenvalue weighted by atomic mass is 10.1. The number of amides is 1. The molecule has 7 heteroatoms. The minimum Gasteiger partial charge on any atom is -0.507 e. The fourth-order valence-electron chi connectivity index (χ4n) is 1.18. The molecular formula is C10H12FN3O3. The Hall–Kier alpha value is -2.31. The van der Waals surface area contributed by atoms with Crippen molar-refractivity contribution in [2.24, 2.45) is 10.9 Å². The van der Waals surface area contributed by atoms with E-state index in [4.69, 9.17) is 10.9 Å². The maximum absolute atomic E-state index is 13.2. The van der Waals surface area contributed by atoms with Gasteiger partial charge in [0.1, 0.15) is 23.0 Å². The molecule has 0 bridgehead atoms. The van der Waals surface area contributed by atoms with Gasteiger partial charge in [-0.2, -0.15) is 0 Å². The van der Waals surface area contributed by atoms with Crippen LogP contribution in [0.3, 0.4) is 0 Å². The molecule has 5 N–H and O–H groups in total. The average molecular weight is 241 g/mol. The van der Waals surface area contributed by atoms with Gasteiger partial charge in [0.25, 0.3) is 5.91 Å². The summed E-state index contributed by atoms with van der Waals surface area (Å²) < 4.78 is 13.2. The topological polar surface area (TPSA) is 108 Å². The summed E-state index contributed by atoms with van der Waals surface area (Å²) in [6.45, 7) is 0.0719. The second-order valence-electron chi connectivity index (χ2n) is 3.23. The SMILES string of the molecule is N/C(CCNC(=O)c1c(O)cccc1F)=N/O. The minimum atomic E-state index is -0.814. The first-order chi connectivity index (χ1) is 8.06. The number of nitrogens with zero attached hydrogens (tertiary/aromatic N) is 1. The number of rotatable bonds is 4. The van der Waals surface area contributed by atoms with Crippen molar-refractivity contribution in [2.75, 3.05) is 6.54 Å². The van der Waals surface area contributed by atoms with Crippen LogP contribution in [0.25, 0.3) is 0 Å². The van der Waals surface area contributed by atoms with Gasteiger partial charge in [-0.3, -0.25) is 4.79 Å². The van der Waals surface area contributed by atoms with Crippen molar-refractivity contribution in [2.45, 2.75) is 6.42 Å². The smallest absolute Gasteiger partial charge is 0.258 e. The van der Waals surface area contributed by atoms with Crippen LogP contribution in [0.4, 0.5) is 4.39 Å². The zero-order valence-electron chi connectivity index (χ0n) is 8.85. The van der Waals surface area contributed by atoms with E-state index in [9.17, 15) is 14.3 Å². The number of halogens is 1. The number of hydrogen-bond donors (Lipinski definition) is 4. The Balaban J connectivity index is 2.65. The molecule has 0 saturated heterocycles. The molecule has 0 heterocycles. The number of carbonyl (C=O) groups excluding carboxylic acids is 1. The van der Waals surface area contributed by atoms with E-state index >= 15 is 0 Å². The molecule has 0 radical (unpaired) electrons. The molecule has 1 aromatic rings. The van der Waals surface area contributed by atoms with Crippen molar-refractivity contribution >= 4 is 11.7 Å². The second kappa shape index (κ2) is 5.69. The third-order valence-electron chi connectivity index (χ3n) is 2.01. The van der Waals surface area contributed by atoms with Crippen molar-refractivity contribution in [3.63, 3.8) is 0 Å². The van der Waals surface area contributed by atoms with Gasteiger partial charge in [-0.15, -0.1) is 0 Å². The second-order valence-corrected chi connectivity index (χ2v) is 3.23. The number of phenolic OH excluding ortho intramolecular Hbond substituents is 1. The molecule has 0 unspecified atom stereocenters. The normalized spacial score (nSPS) is 11.2. The van der Waals surface area contributed by atoms with Crippen LogP contribution in [-0.2, 0) is 0 Å². The first-order valence-corrected chi connectivity index (χ1v) is 4.78. The highest BCUT2D eigenvalue weighted by molar-refractivity contribution is 5.97. The first kappa shape index (κ1) is 12.8. The third-order valence-corrected chi connectivity index (χ3v) is 2.01.